The molecule has 0 bridgehead atoms. The molecule has 0 spiro atoms. The van der Waals surface area contributed by atoms with Gasteiger partial charge in [0.2, 0.25) is 0 Å². The number of aryl methyl sites for hydroxylation is 2. The van der Waals surface area contributed by atoms with Gasteiger partial charge in [0.25, 0.3) is 0 Å². The van der Waals surface area contributed by atoms with E-state index in [4.69, 9.17) is 0 Å². The van der Waals surface area contributed by atoms with E-state index < -0.39 is 6.36 Å². The second-order valence-corrected chi connectivity index (χ2v) is 7.91. The molecule has 152 valence electrons. The molecule has 5 nitrogen and oxygen atoms in total. The molecular weight excluding hydrogens is 389 g/mol. The monoisotopic (exact) mass is 412 g/mol. The highest BCUT2D eigenvalue weighted by Crippen LogP contribution is 2.45. The average Bonchev–Trinajstić information content (AvgIpc) is 3.29. The van der Waals surface area contributed by atoms with Crippen molar-refractivity contribution in [2.45, 2.75) is 52.1 Å². The molecule has 28 heavy (non-hydrogen) atoms. The van der Waals surface area contributed by atoms with E-state index in [0.717, 1.165) is 17.1 Å². The van der Waals surface area contributed by atoms with Crippen molar-refractivity contribution in [1.82, 2.24) is 15.6 Å². The van der Waals surface area contributed by atoms with Gasteiger partial charge in [-0.25, -0.2) is 9.98 Å². The van der Waals surface area contributed by atoms with E-state index in [1.807, 2.05) is 20.8 Å². The Balaban J connectivity index is 1.66. The fourth-order valence-corrected chi connectivity index (χ4v) is 3.81. The van der Waals surface area contributed by atoms with Crippen molar-refractivity contribution in [3.63, 3.8) is 0 Å². The Morgan fingerprint density at radius 1 is 1.32 bits per heavy atom. The lowest BCUT2D eigenvalue weighted by Crippen LogP contribution is -2.39. The minimum atomic E-state index is -4.70. The zero-order valence-corrected chi connectivity index (χ0v) is 16.7. The molecule has 2 atom stereocenters. The van der Waals surface area contributed by atoms with E-state index in [9.17, 15) is 13.2 Å². The van der Waals surface area contributed by atoms with Gasteiger partial charge in [-0.2, -0.15) is 0 Å². The minimum absolute atomic E-state index is 0.00977. The molecule has 2 N–H and O–H groups in total. The van der Waals surface area contributed by atoms with Crippen LogP contribution in [0.2, 0.25) is 0 Å². The van der Waals surface area contributed by atoms with Gasteiger partial charge in [0.1, 0.15) is 10.8 Å². The van der Waals surface area contributed by atoms with E-state index >= 15 is 0 Å². The molecule has 2 aromatic rings. The van der Waals surface area contributed by atoms with E-state index in [2.05, 4.69) is 25.3 Å². The third-order valence-electron chi connectivity index (χ3n) is 4.45. The van der Waals surface area contributed by atoms with Crippen molar-refractivity contribution in [3.8, 4) is 5.75 Å². The van der Waals surface area contributed by atoms with Gasteiger partial charge >= 0.3 is 6.36 Å². The van der Waals surface area contributed by atoms with Crippen LogP contribution < -0.4 is 15.4 Å². The number of thiazole rings is 1. The zero-order valence-electron chi connectivity index (χ0n) is 15.9. The largest absolute Gasteiger partial charge is 0.573 e. The Morgan fingerprint density at radius 2 is 2.07 bits per heavy atom. The van der Waals surface area contributed by atoms with Gasteiger partial charge < -0.3 is 15.4 Å². The van der Waals surface area contributed by atoms with Crippen LogP contribution in [0.25, 0.3) is 0 Å². The minimum Gasteiger partial charge on any atom is -0.405 e. The Morgan fingerprint density at radius 3 is 2.71 bits per heavy atom. The van der Waals surface area contributed by atoms with Crippen molar-refractivity contribution in [2.75, 3.05) is 6.54 Å². The number of hydrogen-bond acceptors (Lipinski definition) is 4. The van der Waals surface area contributed by atoms with E-state index in [0.29, 0.717) is 24.6 Å². The third-order valence-corrected chi connectivity index (χ3v) is 5.50. The summed E-state index contributed by atoms with van der Waals surface area (Å²) < 4.78 is 42.1. The molecule has 0 aliphatic heterocycles. The molecule has 1 aliphatic carbocycles. The molecule has 0 radical (unpaired) electrons. The van der Waals surface area contributed by atoms with Crippen LogP contribution in [0.3, 0.4) is 0 Å². The molecule has 3 rings (SSSR count). The third kappa shape index (κ3) is 5.37. The van der Waals surface area contributed by atoms with Crippen molar-refractivity contribution in [2.24, 2.45) is 4.99 Å². The number of benzene rings is 1. The van der Waals surface area contributed by atoms with Crippen LogP contribution in [0.4, 0.5) is 13.2 Å². The number of aliphatic imine (C=N–C) groups is 1. The van der Waals surface area contributed by atoms with Crippen molar-refractivity contribution in [3.05, 3.63) is 45.4 Å². The summed E-state index contributed by atoms with van der Waals surface area (Å²) in [6.07, 6.45) is -3.98. The topological polar surface area (TPSA) is 58.5 Å². The molecule has 1 aromatic carbocycles. The highest BCUT2D eigenvalue weighted by atomic mass is 32.1. The number of alkyl halides is 3. The maximum atomic E-state index is 12.6. The number of guanidine groups is 1. The summed E-state index contributed by atoms with van der Waals surface area (Å²) in [5.74, 6) is 0.446. The van der Waals surface area contributed by atoms with Crippen LogP contribution in [0, 0.1) is 13.8 Å². The first-order chi connectivity index (χ1) is 13.3. The molecule has 1 fully saturated rings. The highest BCUT2D eigenvalue weighted by Gasteiger charge is 2.42. The summed E-state index contributed by atoms with van der Waals surface area (Å²) in [4.78, 5) is 10.2. The smallest absolute Gasteiger partial charge is 0.405 e. The predicted octanol–water partition coefficient (Wildman–Crippen LogP) is 4.27. The number of ether oxygens (including phenoxy) is 1. The number of rotatable bonds is 6. The van der Waals surface area contributed by atoms with E-state index in [1.54, 1.807) is 29.5 Å². The van der Waals surface area contributed by atoms with E-state index in [-0.39, 0.29) is 17.7 Å². The summed E-state index contributed by atoms with van der Waals surface area (Å²) in [6.45, 7) is 7.11. The van der Waals surface area contributed by atoms with Crippen molar-refractivity contribution >= 4 is 17.3 Å². The summed E-state index contributed by atoms with van der Waals surface area (Å²) in [5.41, 5.74) is 1.57. The average molecular weight is 412 g/mol. The lowest BCUT2D eigenvalue weighted by Gasteiger charge is -2.14. The van der Waals surface area contributed by atoms with Gasteiger partial charge in [-0.1, -0.05) is 18.2 Å². The van der Waals surface area contributed by atoms with Gasteiger partial charge in [-0.05, 0) is 38.8 Å². The summed E-state index contributed by atoms with van der Waals surface area (Å²) in [5, 5.41) is 7.41. The number of aromatic nitrogens is 1. The number of nitrogens with zero attached hydrogens (tertiary/aromatic N) is 2. The first-order valence-corrected chi connectivity index (χ1v) is 9.91. The molecule has 9 heteroatoms. The van der Waals surface area contributed by atoms with Gasteiger partial charge in [-0.3, -0.25) is 0 Å². The van der Waals surface area contributed by atoms with Gasteiger partial charge in [-0.15, -0.1) is 24.5 Å². The van der Waals surface area contributed by atoms with Crippen LogP contribution in [-0.2, 0) is 6.54 Å². The molecule has 0 saturated heterocycles. The van der Waals surface area contributed by atoms with Gasteiger partial charge in [0, 0.05) is 23.4 Å². The maximum absolute atomic E-state index is 12.6. The Bertz CT molecular complexity index is 830. The van der Waals surface area contributed by atoms with E-state index in [1.165, 1.54) is 10.9 Å². The van der Waals surface area contributed by atoms with Gasteiger partial charge in [0.15, 0.2) is 5.96 Å². The fraction of sp³-hybridized carbons (Fsp3) is 0.474. The molecule has 1 aromatic heterocycles. The predicted molar refractivity (Wildman–Crippen MR) is 104 cm³/mol. The Hall–Kier alpha value is -2.29. The number of hydrogen-bond donors (Lipinski definition) is 2. The lowest BCUT2D eigenvalue weighted by molar-refractivity contribution is -0.274. The zero-order chi connectivity index (χ0) is 20.3. The van der Waals surface area contributed by atoms with Crippen molar-refractivity contribution < 1.29 is 17.9 Å². The molecular formula is C19H23F3N4OS. The molecule has 0 amide bonds. The Labute approximate surface area is 166 Å². The number of para-hydroxylation sites is 1. The van der Waals surface area contributed by atoms with Crippen LogP contribution in [0.5, 0.6) is 5.75 Å². The first kappa shape index (κ1) is 20.4. The molecule has 2 unspecified atom stereocenters. The van der Waals surface area contributed by atoms with Gasteiger partial charge in [0.05, 0.1) is 12.2 Å². The van der Waals surface area contributed by atoms with Crippen LogP contribution >= 0.6 is 11.3 Å². The standard InChI is InChI=1S/C19H23F3N4OS/c1-4-23-18(24-10-17-25-11(2)12(3)28-17)26-15-9-14(15)13-7-5-6-8-16(13)27-19(20,21)22/h5-8,14-15H,4,9-10H2,1-3H3,(H2,23,24,26). The van der Waals surface area contributed by atoms with Crippen LogP contribution in [-0.4, -0.2) is 29.9 Å². The summed E-state index contributed by atoms with van der Waals surface area (Å²) in [6, 6.07) is 6.30. The SMILES string of the molecule is CCNC(=NCc1nc(C)c(C)s1)NC1CC1c1ccccc1OC(F)(F)F. The quantitative estimate of drug-likeness (QED) is 0.550. The normalized spacial score (nSPS) is 19.4. The summed E-state index contributed by atoms with van der Waals surface area (Å²) in [7, 11) is 0. The second kappa shape index (κ2) is 8.38. The number of nitrogens with one attached hydrogen (secondary N) is 2. The molecule has 1 aliphatic rings. The maximum Gasteiger partial charge on any atom is 0.573 e. The first-order valence-electron chi connectivity index (χ1n) is 9.09. The number of halogens is 3. The van der Waals surface area contributed by atoms with Crippen LogP contribution in [0.1, 0.15) is 40.4 Å². The molecule has 1 saturated carbocycles. The van der Waals surface area contributed by atoms with Crippen molar-refractivity contribution in [1.29, 1.82) is 0 Å². The summed E-state index contributed by atoms with van der Waals surface area (Å²) >= 11 is 1.62. The molecule has 1 heterocycles. The van der Waals surface area contributed by atoms with Crippen LogP contribution in [0.15, 0.2) is 29.3 Å². The lowest BCUT2D eigenvalue weighted by atomic mass is 10.1. The second-order valence-electron chi connectivity index (χ2n) is 6.62. The Kier molecular flexibility index (Phi) is 6.12. The highest BCUT2D eigenvalue weighted by molar-refractivity contribution is 7.11. The fourth-order valence-electron chi connectivity index (χ4n) is 2.95.